The van der Waals surface area contributed by atoms with Crippen LogP contribution >= 0.6 is 0 Å². The second-order valence-electron chi connectivity index (χ2n) is 5.77. The highest BCUT2D eigenvalue weighted by Gasteiger charge is 2.22. The third-order valence-corrected chi connectivity index (χ3v) is 4.73. The van der Waals surface area contributed by atoms with Crippen LogP contribution in [0.5, 0.6) is 0 Å². The van der Waals surface area contributed by atoms with E-state index in [9.17, 15) is 0 Å². The molecule has 0 amide bonds. The van der Waals surface area contributed by atoms with Crippen LogP contribution in [0.4, 0.5) is 0 Å². The third kappa shape index (κ3) is 3.75. The zero-order valence-corrected chi connectivity index (χ0v) is 12.0. The van der Waals surface area contributed by atoms with Crippen LogP contribution in [0.3, 0.4) is 0 Å². The number of hydrogen-bond donors (Lipinski definition) is 0. The molecule has 1 aromatic carbocycles. The summed E-state index contributed by atoms with van der Waals surface area (Å²) < 4.78 is 5.40. The summed E-state index contributed by atoms with van der Waals surface area (Å²) in [5, 5.41) is 0.796. The molecule has 1 aliphatic heterocycles. The fourth-order valence-electron chi connectivity index (χ4n) is 2.07. The smallest absolute Gasteiger partial charge is 0.152 e. The second-order valence-corrected chi connectivity index (χ2v) is 7.27. The van der Waals surface area contributed by atoms with E-state index in [0.29, 0.717) is 0 Å². The Kier molecular flexibility index (Phi) is 4.16. The first-order valence-corrected chi connectivity index (χ1v) is 7.41. The van der Waals surface area contributed by atoms with Crippen LogP contribution in [0.2, 0.25) is 0 Å². The Hall–Kier alpha value is -0.470. The molecule has 0 saturated carbocycles. The Morgan fingerprint density at radius 2 is 1.65 bits per heavy atom. The number of hydrogen-bond acceptors (Lipinski definition) is 1. The van der Waals surface area contributed by atoms with Crippen molar-refractivity contribution < 1.29 is 4.74 Å². The molecule has 1 aliphatic rings. The fraction of sp³-hybridized carbons (Fsp3) is 0.600. The van der Waals surface area contributed by atoms with Gasteiger partial charge in [0.15, 0.2) is 4.90 Å². The maximum Gasteiger partial charge on any atom is 0.152 e. The van der Waals surface area contributed by atoms with Crippen molar-refractivity contribution in [3.8, 4) is 0 Å². The SMILES string of the molecule is CC(C)(C)c1ccc([SH+]C2CCOCC2)cc1. The maximum absolute atomic E-state index is 5.40. The van der Waals surface area contributed by atoms with Gasteiger partial charge in [0.25, 0.3) is 0 Å². The molecule has 0 radical (unpaired) electrons. The predicted molar refractivity (Wildman–Crippen MR) is 76.0 cm³/mol. The van der Waals surface area contributed by atoms with Gasteiger partial charge >= 0.3 is 0 Å². The predicted octanol–water partition coefficient (Wildman–Crippen LogP) is 3.34. The van der Waals surface area contributed by atoms with Crippen molar-refractivity contribution in [3.63, 3.8) is 0 Å². The lowest BCUT2D eigenvalue weighted by Crippen LogP contribution is -2.21. The average Bonchev–Trinajstić information content (AvgIpc) is 2.30. The molecule has 2 rings (SSSR count). The number of benzene rings is 1. The summed E-state index contributed by atoms with van der Waals surface area (Å²) in [6.45, 7) is 8.67. The zero-order valence-electron chi connectivity index (χ0n) is 11.1. The summed E-state index contributed by atoms with van der Waals surface area (Å²) in [6.07, 6.45) is 2.42. The van der Waals surface area contributed by atoms with E-state index < -0.39 is 0 Å². The van der Waals surface area contributed by atoms with Gasteiger partial charge in [0, 0.05) is 24.6 Å². The highest BCUT2D eigenvalue weighted by atomic mass is 32.2. The molecule has 0 N–H and O–H groups in total. The van der Waals surface area contributed by atoms with Crippen LogP contribution in [-0.2, 0) is 21.9 Å². The standard InChI is InChI=1S/C15H22OS/c1-15(2,3)12-4-6-13(7-5-12)17-14-8-10-16-11-9-14/h4-7,14H,8-11H2,1-3H3/p+1. The Morgan fingerprint density at radius 3 is 2.18 bits per heavy atom. The Bertz CT molecular complexity index is 344. The van der Waals surface area contributed by atoms with Gasteiger partial charge in [0.05, 0.1) is 13.2 Å². The second kappa shape index (κ2) is 5.45. The van der Waals surface area contributed by atoms with Gasteiger partial charge in [0.2, 0.25) is 0 Å². The monoisotopic (exact) mass is 251 g/mol. The number of rotatable bonds is 2. The van der Waals surface area contributed by atoms with Gasteiger partial charge in [-0.15, -0.1) is 0 Å². The van der Waals surface area contributed by atoms with E-state index in [1.165, 1.54) is 35.1 Å². The van der Waals surface area contributed by atoms with Crippen LogP contribution in [0, 0.1) is 0 Å². The van der Waals surface area contributed by atoms with Crippen molar-refractivity contribution in [2.24, 2.45) is 0 Å². The minimum absolute atomic E-state index is 0.258. The minimum Gasteiger partial charge on any atom is -0.381 e. The van der Waals surface area contributed by atoms with Gasteiger partial charge < -0.3 is 4.74 Å². The van der Waals surface area contributed by atoms with Crippen molar-refractivity contribution >= 4 is 11.8 Å². The van der Waals surface area contributed by atoms with Crippen molar-refractivity contribution in [1.29, 1.82) is 0 Å². The Labute approximate surface area is 109 Å². The molecule has 0 spiro atoms. The highest BCUT2D eigenvalue weighted by Crippen LogP contribution is 2.24. The first-order chi connectivity index (χ1) is 8.05. The Morgan fingerprint density at radius 1 is 1.06 bits per heavy atom. The quantitative estimate of drug-likeness (QED) is 0.578. The molecule has 2 heteroatoms. The van der Waals surface area contributed by atoms with Gasteiger partial charge in [-0.2, -0.15) is 0 Å². The lowest BCUT2D eigenvalue weighted by atomic mass is 9.87. The summed E-state index contributed by atoms with van der Waals surface area (Å²) in [5.41, 5.74) is 1.68. The first-order valence-electron chi connectivity index (χ1n) is 6.45. The van der Waals surface area contributed by atoms with E-state index in [0.717, 1.165) is 18.5 Å². The molecule has 17 heavy (non-hydrogen) atoms. The highest BCUT2D eigenvalue weighted by molar-refractivity contribution is 7.79. The first kappa shape index (κ1) is 13.0. The molecule has 0 aliphatic carbocycles. The van der Waals surface area contributed by atoms with Crippen molar-refractivity contribution in [2.75, 3.05) is 13.2 Å². The Balaban J connectivity index is 1.98. The van der Waals surface area contributed by atoms with E-state index in [1.807, 2.05) is 0 Å². The lowest BCUT2D eigenvalue weighted by molar-refractivity contribution is 0.0998. The van der Waals surface area contributed by atoms with E-state index in [2.05, 4.69) is 45.0 Å². The van der Waals surface area contributed by atoms with Gasteiger partial charge in [0.1, 0.15) is 5.25 Å². The maximum atomic E-state index is 5.40. The van der Waals surface area contributed by atoms with Crippen LogP contribution in [0.1, 0.15) is 39.2 Å². The summed E-state index contributed by atoms with van der Waals surface area (Å²) >= 11 is 1.48. The summed E-state index contributed by atoms with van der Waals surface area (Å²) in [7, 11) is 0. The van der Waals surface area contributed by atoms with Crippen molar-refractivity contribution in [1.82, 2.24) is 0 Å². The number of thiol groups is 1. The van der Waals surface area contributed by atoms with Gasteiger partial charge in [-0.25, -0.2) is 0 Å². The molecule has 0 atom stereocenters. The molecule has 0 bridgehead atoms. The van der Waals surface area contributed by atoms with E-state index in [-0.39, 0.29) is 5.41 Å². The molecular weight excluding hydrogens is 228 g/mol. The molecular formula is C15H23OS+. The zero-order chi connectivity index (χ0) is 12.3. The van der Waals surface area contributed by atoms with Crippen molar-refractivity contribution in [3.05, 3.63) is 29.8 Å². The van der Waals surface area contributed by atoms with E-state index >= 15 is 0 Å². The van der Waals surface area contributed by atoms with E-state index in [4.69, 9.17) is 4.74 Å². The molecule has 94 valence electrons. The topological polar surface area (TPSA) is 9.23 Å². The van der Waals surface area contributed by atoms with Gasteiger partial charge in [-0.05, 0) is 23.1 Å². The minimum atomic E-state index is 0.258. The van der Waals surface area contributed by atoms with E-state index in [1.54, 1.807) is 0 Å². The molecule has 1 heterocycles. The van der Waals surface area contributed by atoms with Gasteiger partial charge in [-0.3, -0.25) is 0 Å². The molecule has 0 unspecified atom stereocenters. The molecule has 1 aromatic rings. The summed E-state index contributed by atoms with van der Waals surface area (Å²) in [6, 6.07) is 9.14. The van der Waals surface area contributed by atoms with Crippen molar-refractivity contribution in [2.45, 2.75) is 49.2 Å². The molecule has 0 aromatic heterocycles. The fourth-order valence-corrected chi connectivity index (χ4v) is 3.28. The van der Waals surface area contributed by atoms with Crippen LogP contribution in [0.25, 0.3) is 0 Å². The van der Waals surface area contributed by atoms with Crippen LogP contribution in [0.15, 0.2) is 29.2 Å². The average molecular weight is 251 g/mol. The largest absolute Gasteiger partial charge is 0.381 e. The number of ether oxygens (including phenoxy) is 1. The van der Waals surface area contributed by atoms with Gasteiger partial charge in [-0.1, -0.05) is 32.9 Å². The molecule has 1 saturated heterocycles. The molecule has 1 nitrogen and oxygen atoms in total. The van der Waals surface area contributed by atoms with Crippen LogP contribution in [-0.4, -0.2) is 18.5 Å². The third-order valence-electron chi connectivity index (χ3n) is 3.26. The normalized spacial score (nSPS) is 18.3. The summed E-state index contributed by atoms with van der Waals surface area (Å²) in [5.74, 6) is 0. The molecule has 1 fully saturated rings. The lowest BCUT2D eigenvalue weighted by Gasteiger charge is -2.19. The van der Waals surface area contributed by atoms with Crippen LogP contribution < -0.4 is 0 Å². The summed E-state index contributed by atoms with van der Waals surface area (Å²) in [4.78, 5) is 1.45.